The third kappa shape index (κ3) is 2.73. The minimum atomic E-state index is 0.388. The number of aldehydes is 1. The minimum Gasteiger partial charge on any atom is -0.455 e. The lowest BCUT2D eigenvalue weighted by molar-refractivity contribution is 0.112. The van der Waals surface area contributed by atoms with Gasteiger partial charge in [-0.25, -0.2) is 0 Å². The maximum Gasteiger partial charge on any atom is 0.150 e. The van der Waals surface area contributed by atoms with Gasteiger partial charge in [-0.05, 0) is 30.3 Å². The van der Waals surface area contributed by atoms with Gasteiger partial charge in [-0.1, -0.05) is 47.5 Å². The van der Waals surface area contributed by atoms with Crippen LogP contribution in [-0.4, -0.2) is 6.29 Å². The van der Waals surface area contributed by atoms with Crippen LogP contribution in [0.2, 0.25) is 10.0 Å². The molecule has 0 fully saturated rings. The van der Waals surface area contributed by atoms with Crippen molar-refractivity contribution in [2.24, 2.45) is 0 Å². The van der Waals surface area contributed by atoms with Crippen LogP contribution in [0.15, 0.2) is 54.6 Å². The summed E-state index contributed by atoms with van der Waals surface area (Å²) in [4.78, 5) is 10.7. The van der Waals surface area contributed by atoms with Crippen molar-refractivity contribution in [2.45, 2.75) is 0 Å². The Hall–Kier alpha value is -2.03. The lowest BCUT2D eigenvalue weighted by Gasteiger charge is -2.11. The molecule has 4 heteroatoms. The number of rotatable bonds is 3. The Bertz CT molecular complexity index is 828. The van der Waals surface area contributed by atoms with Crippen molar-refractivity contribution >= 4 is 40.3 Å². The van der Waals surface area contributed by atoms with E-state index in [0.717, 1.165) is 17.1 Å². The van der Waals surface area contributed by atoms with Crippen molar-refractivity contribution in [1.29, 1.82) is 0 Å². The van der Waals surface area contributed by atoms with E-state index >= 15 is 0 Å². The molecule has 2 nitrogen and oxygen atoms in total. The van der Waals surface area contributed by atoms with Crippen LogP contribution in [0.5, 0.6) is 11.5 Å². The van der Waals surface area contributed by atoms with Crippen LogP contribution in [0, 0.1) is 0 Å². The number of fused-ring (bicyclic) bond motifs is 1. The Morgan fingerprint density at radius 1 is 0.810 bits per heavy atom. The zero-order valence-corrected chi connectivity index (χ0v) is 12.4. The first kappa shape index (κ1) is 13.9. The van der Waals surface area contributed by atoms with Crippen LogP contribution in [0.3, 0.4) is 0 Å². The number of carbonyl (C=O) groups excluding carboxylic acids is 1. The Kier molecular flexibility index (Phi) is 3.82. The van der Waals surface area contributed by atoms with E-state index in [1.807, 2.05) is 24.3 Å². The highest BCUT2D eigenvalue weighted by Gasteiger charge is 2.09. The Labute approximate surface area is 131 Å². The van der Waals surface area contributed by atoms with Gasteiger partial charge in [-0.2, -0.15) is 0 Å². The minimum absolute atomic E-state index is 0.388. The first-order valence-corrected chi connectivity index (χ1v) is 7.04. The second kappa shape index (κ2) is 5.76. The Balaban J connectivity index is 2.06. The molecule has 0 aliphatic carbocycles. The maximum atomic E-state index is 10.7. The molecule has 0 spiro atoms. The quantitative estimate of drug-likeness (QED) is 0.575. The molecule has 0 aliphatic rings. The smallest absolute Gasteiger partial charge is 0.150 e. The summed E-state index contributed by atoms with van der Waals surface area (Å²) in [5.41, 5.74) is 0.508. The highest BCUT2D eigenvalue weighted by atomic mass is 35.5. The molecular weight excluding hydrogens is 307 g/mol. The maximum absolute atomic E-state index is 10.7. The molecule has 0 amide bonds. The van der Waals surface area contributed by atoms with Gasteiger partial charge in [0.25, 0.3) is 0 Å². The monoisotopic (exact) mass is 316 g/mol. The average Bonchev–Trinajstić information content (AvgIpc) is 2.52. The summed E-state index contributed by atoms with van der Waals surface area (Å²) < 4.78 is 5.87. The van der Waals surface area contributed by atoms with E-state index in [2.05, 4.69) is 0 Å². The molecule has 0 N–H and O–H groups in total. The van der Waals surface area contributed by atoms with Crippen LogP contribution in [0.25, 0.3) is 10.8 Å². The molecule has 0 saturated heterocycles. The lowest BCUT2D eigenvalue weighted by atomic mass is 10.1. The largest absolute Gasteiger partial charge is 0.455 e. The summed E-state index contributed by atoms with van der Waals surface area (Å²) in [6, 6.07) is 16.2. The van der Waals surface area contributed by atoms with Crippen molar-refractivity contribution in [3.8, 4) is 11.5 Å². The molecular formula is C17H10Cl2O2. The predicted molar refractivity (Wildman–Crippen MR) is 85.9 cm³/mol. The number of halogens is 2. The fourth-order valence-corrected chi connectivity index (χ4v) is 2.57. The molecule has 3 aromatic rings. The second-order valence-corrected chi connectivity index (χ2v) is 5.32. The standard InChI is InChI=1S/C17H10Cl2O2/c18-14-6-8-16(13-4-2-1-3-12(13)14)21-17-7-5-11(10-20)9-15(17)19/h1-10H. The Morgan fingerprint density at radius 2 is 1.52 bits per heavy atom. The normalized spacial score (nSPS) is 10.6. The van der Waals surface area contributed by atoms with E-state index < -0.39 is 0 Å². The zero-order valence-electron chi connectivity index (χ0n) is 10.8. The molecule has 0 bridgehead atoms. The highest BCUT2D eigenvalue weighted by Crippen LogP contribution is 2.36. The van der Waals surface area contributed by atoms with Gasteiger partial charge >= 0.3 is 0 Å². The third-order valence-electron chi connectivity index (χ3n) is 3.14. The first-order valence-electron chi connectivity index (χ1n) is 6.29. The van der Waals surface area contributed by atoms with E-state index in [4.69, 9.17) is 27.9 Å². The lowest BCUT2D eigenvalue weighted by Crippen LogP contribution is -1.89. The second-order valence-electron chi connectivity index (χ2n) is 4.50. The van der Waals surface area contributed by atoms with Crippen molar-refractivity contribution in [1.82, 2.24) is 0 Å². The van der Waals surface area contributed by atoms with Crippen molar-refractivity contribution in [3.05, 3.63) is 70.2 Å². The molecule has 0 aromatic heterocycles. The van der Waals surface area contributed by atoms with Gasteiger partial charge in [0.1, 0.15) is 17.8 Å². The van der Waals surface area contributed by atoms with Crippen molar-refractivity contribution in [2.75, 3.05) is 0 Å². The fourth-order valence-electron chi connectivity index (χ4n) is 2.12. The van der Waals surface area contributed by atoms with Gasteiger partial charge in [-0.3, -0.25) is 4.79 Å². The molecule has 3 rings (SSSR count). The van der Waals surface area contributed by atoms with E-state index in [0.29, 0.717) is 27.1 Å². The number of hydrogen-bond acceptors (Lipinski definition) is 2. The summed E-state index contributed by atoms with van der Waals surface area (Å²) in [6.07, 6.45) is 0.743. The summed E-state index contributed by atoms with van der Waals surface area (Å²) in [6.45, 7) is 0. The molecule has 3 aromatic carbocycles. The van der Waals surface area contributed by atoms with Crippen LogP contribution < -0.4 is 4.74 Å². The number of carbonyl (C=O) groups is 1. The van der Waals surface area contributed by atoms with E-state index in [-0.39, 0.29) is 0 Å². The van der Waals surface area contributed by atoms with Gasteiger partial charge in [0.05, 0.1) is 5.02 Å². The van der Waals surface area contributed by atoms with Crippen molar-refractivity contribution < 1.29 is 9.53 Å². The fraction of sp³-hybridized carbons (Fsp3) is 0. The molecule has 104 valence electrons. The molecule has 0 atom stereocenters. The summed E-state index contributed by atoms with van der Waals surface area (Å²) in [5.74, 6) is 1.16. The third-order valence-corrected chi connectivity index (χ3v) is 3.77. The van der Waals surface area contributed by atoms with E-state index in [9.17, 15) is 4.79 Å². The highest BCUT2D eigenvalue weighted by molar-refractivity contribution is 6.35. The van der Waals surface area contributed by atoms with Crippen LogP contribution in [-0.2, 0) is 0 Å². The number of benzene rings is 3. The van der Waals surface area contributed by atoms with Gasteiger partial charge in [-0.15, -0.1) is 0 Å². The average molecular weight is 317 g/mol. The Morgan fingerprint density at radius 3 is 2.24 bits per heavy atom. The molecule has 0 heterocycles. The van der Waals surface area contributed by atoms with Gasteiger partial charge < -0.3 is 4.74 Å². The predicted octanol–water partition coefficient (Wildman–Crippen LogP) is 5.75. The van der Waals surface area contributed by atoms with Crippen LogP contribution in [0.4, 0.5) is 0 Å². The molecule has 21 heavy (non-hydrogen) atoms. The SMILES string of the molecule is O=Cc1ccc(Oc2ccc(Cl)c3ccccc23)c(Cl)c1. The van der Waals surface area contributed by atoms with Crippen LogP contribution >= 0.6 is 23.2 Å². The molecule has 0 saturated carbocycles. The van der Waals surface area contributed by atoms with E-state index in [1.165, 1.54) is 0 Å². The van der Waals surface area contributed by atoms with Gasteiger partial charge in [0.15, 0.2) is 0 Å². The van der Waals surface area contributed by atoms with E-state index in [1.54, 1.807) is 30.3 Å². The van der Waals surface area contributed by atoms with Crippen molar-refractivity contribution in [3.63, 3.8) is 0 Å². The topological polar surface area (TPSA) is 26.3 Å². The molecule has 0 unspecified atom stereocenters. The van der Waals surface area contributed by atoms with Gasteiger partial charge in [0.2, 0.25) is 0 Å². The van der Waals surface area contributed by atoms with Crippen LogP contribution in [0.1, 0.15) is 10.4 Å². The first-order chi connectivity index (χ1) is 10.2. The van der Waals surface area contributed by atoms with Gasteiger partial charge in [0, 0.05) is 21.4 Å². The zero-order chi connectivity index (χ0) is 14.8. The summed E-state index contributed by atoms with van der Waals surface area (Å²) in [5, 5.41) is 2.87. The number of hydrogen-bond donors (Lipinski definition) is 0. The molecule has 0 aliphatic heterocycles. The molecule has 0 radical (unpaired) electrons. The summed E-state index contributed by atoms with van der Waals surface area (Å²) >= 11 is 12.3. The number of ether oxygens (including phenoxy) is 1. The summed E-state index contributed by atoms with van der Waals surface area (Å²) in [7, 11) is 0.